The first-order valence-electron chi connectivity index (χ1n) is 6.69. The lowest BCUT2D eigenvalue weighted by Gasteiger charge is -2.44. The van der Waals surface area contributed by atoms with Gasteiger partial charge in [-0.25, -0.2) is 0 Å². The van der Waals surface area contributed by atoms with Gasteiger partial charge >= 0.3 is 0 Å². The van der Waals surface area contributed by atoms with Crippen molar-refractivity contribution in [2.24, 2.45) is 5.73 Å². The van der Waals surface area contributed by atoms with Gasteiger partial charge < -0.3 is 15.2 Å². The van der Waals surface area contributed by atoms with Crippen molar-refractivity contribution in [3.05, 3.63) is 21.9 Å². The molecule has 4 nitrogen and oxygen atoms in total. The number of nitrogens with two attached hydrogens (primary N) is 1. The molecule has 1 aromatic heterocycles. The number of nitrogens with zero attached hydrogens (tertiary/aromatic N) is 1. The maximum absolute atomic E-state index is 6.04. The van der Waals surface area contributed by atoms with Gasteiger partial charge in [0.25, 0.3) is 0 Å². The van der Waals surface area contributed by atoms with Gasteiger partial charge in [-0.15, -0.1) is 11.3 Å². The third kappa shape index (κ3) is 3.17. The molecule has 1 unspecified atom stereocenters. The fraction of sp³-hybridized carbons (Fsp3) is 0.714. The highest BCUT2D eigenvalue weighted by atomic mass is 32.1. The lowest BCUT2D eigenvalue weighted by molar-refractivity contribution is -0.129. The number of ether oxygens (including phenoxy) is 2. The Kier molecular flexibility index (Phi) is 4.97. The van der Waals surface area contributed by atoms with Crippen molar-refractivity contribution < 1.29 is 9.47 Å². The van der Waals surface area contributed by atoms with Gasteiger partial charge in [-0.3, -0.25) is 4.90 Å². The van der Waals surface area contributed by atoms with E-state index in [9.17, 15) is 0 Å². The zero-order valence-corrected chi connectivity index (χ0v) is 12.8. The molecule has 1 atom stereocenters. The normalized spacial score (nSPS) is 19.4. The molecule has 0 aliphatic carbocycles. The minimum Gasteiger partial charge on any atom is -0.356 e. The van der Waals surface area contributed by atoms with E-state index in [-0.39, 0.29) is 11.8 Å². The zero-order valence-electron chi connectivity index (χ0n) is 12.0. The highest BCUT2D eigenvalue weighted by Crippen LogP contribution is 2.31. The molecule has 19 heavy (non-hydrogen) atoms. The molecular weight excluding hydrogens is 260 g/mol. The van der Waals surface area contributed by atoms with Crippen LogP contribution in [0.2, 0.25) is 0 Å². The molecular formula is C14H24N2O2S. The molecule has 1 aliphatic rings. The maximum atomic E-state index is 6.04. The van der Waals surface area contributed by atoms with Crippen LogP contribution in [0.25, 0.3) is 0 Å². The molecule has 0 spiro atoms. The third-order valence-corrected chi connectivity index (χ3v) is 5.17. The highest BCUT2D eigenvalue weighted by molar-refractivity contribution is 7.10. The fourth-order valence-corrected chi connectivity index (χ4v) is 3.56. The minimum atomic E-state index is -0.197. The van der Waals surface area contributed by atoms with E-state index in [2.05, 4.69) is 23.3 Å². The Bertz CT molecular complexity index is 406. The summed E-state index contributed by atoms with van der Waals surface area (Å²) in [5.74, 6) is 0. The van der Waals surface area contributed by atoms with E-state index in [4.69, 9.17) is 15.2 Å². The Balaban J connectivity index is 2.09. The van der Waals surface area contributed by atoms with Crippen LogP contribution < -0.4 is 5.73 Å². The molecule has 0 amide bonds. The quantitative estimate of drug-likeness (QED) is 0.810. The maximum Gasteiger partial charge on any atom is 0.158 e. The van der Waals surface area contributed by atoms with Gasteiger partial charge in [0.1, 0.15) is 0 Å². The molecule has 1 aromatic rings. The smallest absolute Gasteiger partial charge is 0.158 e. The first-order valence-corrected chi connectivity index (χ1v) is 7.57. The standard InChI is InChI=1S/C14H24N2O2S/c1-14(10-15,8-13(17-2)18-3)16-6-4-12-11(9-16)5-7-19-12/h5,7,13H,4,6,8-10,15H2,1-3H3. The second-order valence-corrected chi connectivity index (χ2v) is 6.35. The molecule has 108 valence electrons. The average Bonchev–Trinajstić information content (AvgIpc) is 2.91. The van der Waals surface area contributed by atoms with E-state index < -0.39 is 0 Å². The number of rotatable bonds is 6. The summed E-state index contributed by atoms with van der Waals surface area (Å²) in [5.41, 5.74) is 7.40. The van der Waals surface area contributed by atoms with Crippen molar-refractivity contribution in [3.8, 4) is 0 Å². The van der Waals surface area contributed by atoms with E-state index in [1.807, 2.05) is 11.3 Å². The molecule has 0 fully saturated rings. The van der Waals surface area contributed by atoms with Crippen molar-refractivity contribution in [1.82, 2.24) is 4.90 Å². The summed E-state index contributed by atoms with van der Waals surface area (Å²) in [4.78, 5) is 3.98. The molecule has 5 heteroatoms. The Morgan fingerprint density at radius 3 is 2.84 bits per heavy atom. The van der Waals surface area contributed by atoms with Gasteiger partial charge in [0.05, 0.1) is 0 Å². The van der Waals surface area contributed by atoms with Gasteiger partial charge in [-0.05, 0) is 30.4 Å². The van der Waals surface area contributed by atoms with E-state index in [1.165, 1.54) is 10.4 Å². The van der Waals surface area contributed by atoms with E-state index in [0.29, 0.717) is 6.54 Å². The van der Waals surface area contributed by atoms with Gasteiger partial charge in [-0.1, -0.05) is 0 Å². The molecule has 2 rings (SSSR count). The number of fused-ring (bicyclic) bond motifs is 1. The Labute approximate surface area is 119 Å². The molecule has 0 saturated heterocycles. The summed E-state index contributed by atoms with van der Waals surface area (Å²) in [6.07, 6.45) is 1.71. The number of hydrogen-bond acceptors (Lipinski definition) is 5. The fourth-order valence-electron chi connectivity index (χ4n) is 2.67. The predicted molar refractivity (Wildman–Crippen MR) is 78.3 cm³/mol. The third-order valence-electron chi connectivity index (χ3n) is 4.14. The van der Waals surface area contributed by atoms with Crippen LogP contribution in [-0.4, -0.2) is 44.0 Å². The molecule has 2 N–H and O–H groups in total. The van der Waals surface area contributed by atoms with E-state index in [1.54, 1.807) is 14.2 Å². The van der Waals surface area contributed by atoms with Crippen LogP contribution in [0, 0.1) is 0 Å². The summed E-state index contributed by atoms with van der Waals surface area (Å²) in [5, 5.41) is 2.18. The monoisotopic (exact) mass is 284 g/mol. The Morgan fingerprint density at radius 1 is 1.47 bits per heavy atom. The molecule has 1 aliphatic heterocycles. The number of thiophene rings is 1. The van der Waals surface area contributed by atoms with Crippen LogP contribution in [-0.2, 0) is 22.4 Å². The average molecular weight is 284 g/mol. The van der Waals surface area contributed by atoms with Crippen LogP contribution in [0.4, 0.5) is 0 Å². The zero-order chi connectivity index (χ0) is 13.9. The summed E-state index contributed by atoms with van der Waals surface area (Å²) >= 11 is 1.86. The second-order valence-electron chi connectivity index (χ2n) is 5.35. The summed E-state index contributed by atoms with van der Waals surface area (Å²) in [7, 11) is 3.36. The van der Waals surface area contributed by atoms with Crippen LogP contribution >= 0.6 is 11.3 Å². The van der Waals surface area contributed by atoms with Crippen molar-refractivity contribution in [2.75, 3.05) is 27.3 Å². The van der Waals surface area contributed by atoms with Gasteiger partial charge in [0.2, 0.25) is 0 Å². The first-order chi connectivity index (χ1) is 9.12. The van der Waals surface area contributed by atoms with E-state index >= 15 is 0 Å². The number of methoxy groups -OCH3 is 2. The van der Waals surface area contributed by atoms with Crippen LogP contribution in [0.5, 0.6) is 0 Å². The summed E-state index contributed by atoms with van der Waals surface area (Å²) in [6.45, 7) is 4.85. The van der Waals surface area contributed by atoms with Gasteiger partial charge in [0.15, 0.2) is 6.29 Å². The van der Waals surface area contributed by atoms with Crippen molar-refractivity contribution in [1.29, 1.82) is 0 Å². The van der Waals surface area contributed by atoms with Gasteiger partial charge in [0, 0.05) is 50.7 Å². The highest BCUT2D eigenvalue weighted by Gasteiger charge is 2.35. The van der Waals surface area contributed by atoms with Gasteiger partial charge in [-0.2, -0.15) is 0 Å². The molecule has 0 radical (unpaired) electrons. The molecule has 0 bridgehead atoms. The lowest BCUT2D eigenvalue weighted by Crippen LogP contribution is -2.55. The van der Waals surface area contributed by atoms with Crippen LogP contribution in [0.15, 0.2) is 11.4 Å². The molecule has 0 aromatic carbocycles. The SMILES string of the molecule is COC(CC(C)(CN)N1CCc2sccc2C1)OC. The predicted octanol–water partition coefficient (Wildman–Crippen LogP) is 1.83. The summed E-state index contributed by atoms with van der Waals surface area (Å²) < 4.78 is 10.7. The first kappa shape index (κ1) is 14.9. The largest absolute Gasteiger partial charge is 0.356 e. The topological polar surface area (TPSA) is 47.7 Å². The van der Waals surface area contributed by atoms with Crippen molar-refractivity contribution in [3.63, 3.8) is 0 Å². The van der Waals surface area contributed by atoms with Crippen LogP contribution in [0.1, 0.15) is 23.8 Å². The van der Waals surface area contributed by atoms with Crippen molar-refractivity contribution in [2.45, 2.75) is 38.1 Å². The molecule has 2 heterocycles. The lowest BCUT2D eigenvalue weighted by atomic mass is 9.92. The number of hydrogen-bond donors (Lipinski definition) is 1. The van der Waals surface area contributed by atoms with E-state index in [0.717, 1.165) is 25.9 Å². The summed E-state index contributed by atoms with van der Waals surface area (Å²) in [6, 6.07) is 2.23. The Morgan fingerprint density at radius 2 is 2.21 bits per heavy atom. The molecule has 0 saturated carbocycles. The Hall–Kier alpha value is -0.460. The second kappa shape index (κ2) is 6.33. The van der Waals surface area contributed by atoms with Crippen LogP contribution in [0.3, 0.4) is 0 Å². The minimum absolute atomic E-state index is 0.0870. The van der Waals surface area contributed by atoms with Crippen molar-refractivity contribution >= 4 is 11.3 Å².